The minimum Gasteiger partial charge on any atom is -0.377 e. The first kappa shape index (κ1) is 7.29. The average Bonchev–Trinajstić information content (AvgIpc) is 2.05. The molecule has 1 aromatic rings. The summed E-state index contributed by atoms with van der Waals surface area (Å²) in [5.74, 6) is 0. The Morgan fingerprint density at radius 2 is 1.90 bits per heavy atom. The standard InChI is InChI=1S/C9H11O/c1-8(10-2)9-6-4-3-5-7-9/h3-8H,1H2,2H3. The maximum atomic E-state index is 5.03. The SMILES string of the molecule is [CH2]C(OC)c1ccccc1. The number of ether oxygens (including phenoxy) is 1. The number of benzene rings is 1. The Morgan fingerprint density at radius 3 is 2.40 bits per heavy atom. The van der Waals surface area contributed by atoms with Crippen LogP contribution >= 0.6 is 0 Å². The molecule has 0 fully saturated rings. The highest BCUT2D eigenvalue weighted by molar-refractivity contribution is 5.17. The van der Waals surface area contributed by atoms with Crippen molar-refractivity contribution in [3.8, 4) is 0 Å². The lowest BCUT2D eigenvalue weighted by molar-refractivity contribution is 0.140. The van der Waals surface area contributed by atoms with Crippen molar-refractivity contribution in [2.45, 2.75) is 6.10 Å². The smallest absolute Gasteiger partial charge is 0.0822 e. The lowest BCUT2D eigenvalue weighted by atomic mass is 10.1. The van der Waals surface area contributed by atoms with Crippen LogP contribution in [0.2, 0.25) is 0 Å². The summed E-state index contributed by atoms with van der Waals surface area (Å²) in [6, 6.07) is 9.94. The fraction of sp³-hybridized carbons (Fsp3) is 0.222. The van der Waals surface area contributed by atoms with Gasteiger partial charge in [-0.25, -0.2) is 0 Å². The Balaban J connectivity index is 2.75. The zero-order valence-corrected chi connectivity index (χ0v) is 6.08. The highest BCUT2D eigenvalue weighted by Gasteiger charge is 1.99. The van der Waals surface area contributed by atoms with E-state index in [2.05, 4.69) is 6.92 Å². The maximum absolute atomic E-state index is 5.03. The van der Waals surface area contributed by atoms with Gasteiger partial charge in [0.15, 0.2) is 0 Å². The molecule has 1 atom stereocenters. The maximum Gasteiger partial charge on any atom is 0.0822 e. The summed E-state index contributed by atoms with van der Waals surface area (Å²) in [4.78, 5) is 0. The van der Waals surface area contributed by atoms with E-state index < -0.39 is 0 Å². The molecule has 0 saturated heterocycles. The van der Waals surface area contributed by atoms with Crippen molar-refractivity contribution in [1.82, 2.24) is 0 Å². The van der Waals surface area contributed by atoms with Gasteiger partial charge in [-0.1, -0.05) is 30.3 Å². The summed E-state index contributed by atoms with van der Waals surface area (Å²) in [5, 5.41) is 0. The van der Waals surface area contributed by atoms with Crippen molar-refractivity contribution in [1.29, 1.82) is 0 Å². The number of rotatable bonds is 2. The van der Waals surface area contributed by atoms with Crippen LogP contribution in [-0.2, 0) is 4.74 Å². The van der Waals surface area contributed by atoms with Gasteiger partial charge >= 0.3 is 0 Å². The van der Waals surface area contributed by atoms with E-state index in [1.165, 1.54) is 0 Å². The van der Waals surface area contributed by atoms with Crippen LogP contribution in [0.5, 0.6) is 0 Å². The Morgan fingerprint density at radius 1 is 1.30 bits per heavy atom. The summed E-state index contributed by atoms with van der Waals surface area (Å²) < 4.78 is 5.03. The minimum absolute atomic E-state index is 0.0406. The molecule has 1 heteroatoms. The topological polar surface area (TPSA) is 9.23 Å². The summed E-state index contributed by atoms with van der Waals surface area (Å²) >= 11 is 0. The van der Waals surface area contributed by atoms with E-state index in [4.69, 9.17) is 4.74 Å². The normalized spacial score (nSPS) is 13.0. The van der Waals surface area contributed by atoms with Gasteiger partial charge in [0, 0.05) is 7.11 Å². The summed E-state index contributed by atoms with van der Waals surface area (Å²) in [7, 11) is 1.66. The molecule has 53 valence electrons. The fourth-order valence-corrected chi connectivity index (χ4v) is 0.804. The van der Waals surface area contributed by atoms with Crippen molar-refractivity contribution >= 4 is 0 Å². The Hall–Kier alpha value is -0.820. The molecule has 0 aliphatic heterocycles. The first-order valence-electron chi connectivity index (χ1n) is 3.25. The van der Waals surface area contributed by atoms with E-state index in [9.17, 15) is 0 Å². The van der Waals surface area contributed by atoms with Crippen LogP contribution in [0.3, 0.4) is 0 Å². The monoisotopic (exact) mass is 135 g/mol. The van der Waals surface area contributed by atoms with E-state index in [1.807, 2.05) is 30.3 Å². The summed E-state index contributed by atoms with van der Waals surface area (Å²) in [6.07, 6.45) is -0.0406. The molecular formula is C9H11O. The van der Waals surface area contributed by atoms with Crippen molar-refractivity contribution in [3.63, 3.8) is 0 Å². The molecule has 0 aliphatic carbocycles. The molecular weight excluding hydrogens is 124 g/mol. The Labute approximate surface area is 61.6 Å². The number of hydrogen-bond donors (Lipinski definition) is 0. The molecule has 0 saturated carbocycles. The van der Waals surface area contributed by atoms with E-state index in [1.54, 1.807) is 7.11 Å². The van der Waals surface area contributed by atoms with Crippen molar-refractivity contribution in [2.75, 3.05) is 7.11 Å². The highest BCUT2D eigenvalue weighted by atomic mass is 16.5. The van der Waals surface area contributed by atoms with Crippen LogP contribution < -0.4 is 0 Å². The van der Waals surface area contributed by atoms with Gasteiger partial charge in [-0.2, -0.15) is 0 Å². The molecule has 1 aromatic carbocycles. The third-order valence-corrected chi connectivity index (χ3v) is 1.46. The first-order chi connectivity index (χ1) is 4.84. The van der Waals surface area contributed by atoms with Gasteiger partial charge in [-0.05, 0) is 12.5 Å². The summed E-state index contributed by atoms with van der Waals surface area (Å²) in [6.45, 7) is 3.80. The van der Waals surface area contributed by atoms with E-state index in [0.29, 0.717) is 0 Å². The van der Waals surface area contributed by atoms with Crippen LogP contribution in [0.25, 0.3) is 0 Å². The molecule has 0 bridgehead atoms. The predicted molar refractivity (Wildman–Crippen MR) is 41.5 cm³/mol. The van der Waals surface area contributed by atoms with Crippen molar-refractivity contribution in [3.05, 3.63) is 42.8 Å². The highest BCUT2D eigenvalue weighted by Crippen LogP contribution is 2.13. The molecule has 0 aliphatic rings. The van der Waals surface area contributed by atoms with Gasteiger partial charge in [-0.15, -0.1) is 0 Å². The average molecular weight is 135 g/mol. The lowest BCUT2D eigenvalue weighted by Gasteiger charge is -2.07. The Bertz CT molecular complexity index is 181. The third-order valence-electron chi connectivity index (χ3n) is 1.46. The van der Waals surface area contributed by atoms with E-state index in [-0.39, 0.29) is 6.10 Å². The Kier molecular flexibility index (Phi) is 2.46. The molecule has 0 aromatic heterocycles. The quantitative estimate of drug-likeness (QED) is 0.604. The molecule has 1 nitrogen and oxygen atoms in total. The molecule has 1 radical (unpaired) electrons. The molecule has 0 amide bonds. The zero-order valence-electron chi connectivity index (χ0n) is 6.08. The first-order valence-corrected chi connectivity index (χ1v) is 3.25. The molecule has 0 spiro atoms. The van der Waals surface area contributed by atoms with E-state index in [0.717, 1.165) is 5.56 Å². The lowest BCUT2D eigenvalue weighted by Crippen LogP contribution is -1.94. The molecule has 10 heavy (non-hydrogen) atoms. The van der Waals surface area contributed by atoms with Gasteiger partial charge in [0.25, 0.3) is 0 Å². The van der Waals surface area contributed by atoms with Crippen LogP contribution in [0.4, 0.5) is 0 Å². The second kappa shape index (κ2) is 3.37. The van der Waals surface area contributed by atoms with Crippen LogP contribution in [0.1, 0.15) is 11.7 Å². The predicted octanol–water partition coefficient (Wildman–Crippen LogP) is 2.21. The third kappa shape index (κ3) is 1.58. The van der Waals surface area contributed by atoms with Gasteiger partial charge in [0.05, 0.1) is 6.10 Å². The van der Waals surface area contributed by atoms with Gasteiger partial charge in [0.1, 0.15) is 0 Å². The van der Waals surface area contributed by atoms with Crippen LogP contribution in [0.15, 0.2) is 30.3 Å². The largest absolute Gasteiger partial charge is 0.377 e. The second-order valence-corrected chi connectivity index (χ2v) is 2.14. The van der Waals surface area contributed by atoms with Gasteiger partial charge in [-0.3, -0.25) is 0 Å². The minimum atomic E-state index is -0.0406. The van der Waals surface area contributed by atoms with Crippen molar-refractivity contribution in [2.24, 2.45) is 0 Å². The zero-order chi connectivity index (χ0) is 7.40. The van der Waals surface area contributed by atoms with Gasteiger partial charge < -0.3 is 4.74 Å². The molecule has 0 heterocycles. The van der Waals surface area contributed by atoms with E-state index >= 15 is 0 Å². The molecule has 1 unspecified atom stereocenters. The van der Waals surface area contributed by atoms with Crippen LogP contribution in [-0.4, -0.2) is 7.11 Å². The second-order valence-electron chi connectivity index (χ2n) is 2.14. The number of methoxy groups -OCH3 is 1. The molecule has 1 rings (SSSR count). The molecule has 0 N–H and O–H groups in total. The summed E-state index contributed by atoms with van der Waals surface area (Å²) in [5.41, 5.74) is 1.12. The van der Waals surface area contributed by atoms with Crippen molar-refractivity contribution < 1.29 is 4.74 Å². The van der Waals surface area contributed by atoms with Crippen LogP contribution in [0, 0.1) is 6.92 Å². The fourth-order valence-electron chi connectivity index (χ4n) is 0.804. The van der Waals surface area contributed by atoms with Gasteiger partial charge in [0.2, 0.25) is 0 Å². The number of hydrogen-bond acceptors (Lipinski definition) is 1.